The molecule has 216 valence electrons. The molecule has 0 radical (unpaired) electrons. The van der Waals surface area contributed by atoms with Crippen LogP contribution in [-0.2, 0) is 0 Å². The van der Waals surface area contributed by atoms with Crippen molar-refractivity contribution in [3.63, 3.8) is 0 Å². The molecule has 0 amide bonds. The third kappa shape index (κ3) is 3.43. The van der Waals surface area contributed by atoms with Gasteiger partial charge in [-0.2, -0.15) is 0 Å². The van der Waals surface area contributed by atoms with Gasteiger partial charge in [-0.05, 0) is 115 Å². The van der Waals surface area contributed by atoms with Crippen LogP contribution in [0.25, 0.3) is 108 Å². The molecule has 0 aliphatic heterocycles. The Kier molecular flexibility index (Phi) is 4.99. The second-order valence-electron chi connectivity index (χ2n) is 13.0. The van der Waals surface area contributed by atoms with E-state index in [0.29, 0.717) is 0 Å². The summed E-state index contributed by atoms with van der Waals surface area (Å²) in [6.45, 7) is 0. The lowest BCUT2D eigenvalue weighted by molar-refractivity contribution is 1.69. The highest BCUT2D eigenvalue weighted by Gasteiger charge is 2.17. The van der Waals surface area contributed by atoms with Crippen LogP contribution in [0, 0.1) is 0 Å². The smallest absolute Gasteiger partial charge is 0.0496 e. The van der Waals surface area contributed by atoms with E-state index in [-0.39, 0.29) is 0 Å². The Morgan fingerprint density at radius 2 is 0.723 bits per heavy atom. The minimum atomic E-state index is 0.779. The molecule has 0 aliphatic rings. The maximum atomic E-state index is 7.29. The topological polar surface area (TPSA) is 0 Å². The van der Waals surface area contributed by atoms with E-state index in [2.05, 4.69) is 152 Å². The molecule has 0 unspecified atom stereocenters. The third-order valence-electron chi connectivity index (χ3n) is 10.6. The molecule has 1 heteroatoms. The Morgan fingerprint density at radius 1 is 0.277 bits per heavy atom. The molecule has 0 saturated carbocycles. The van der Waals surface area contributed by atoms with Crippen LogP contribution in [0.1, 0.15) is 0 Å². The van der Waals surface area contributed by atoms with Gasteiger partial charge in [0.05, 0.1) is 0 Å². The summed E-state index contributed by atoms with van der Waals surface area (Å²) in [6, 6.07) is 56.0. The number of fused-ring (bicyclic) bond motifs is 3. The van der Waals surface area contributed by atoms with Crippen LogP contribution in [0.15, 0.2) is 152 Å². The Balaban J connectivity index is 1.14. The van der Waals surface area contributed by atoms with Crippen LogP contribution >= 0.6 is 11.6 Å². The number of hydrogen-bond acceptors (Lipinski definition) is 0. The van der Waals surface area contributed by atoms with Crippen molar-refractivity contribution in [2.45, 2.75) is 0 Å². The second kappa shape index (κ2) is 9.19. The molecule has 0 aliphatic carbocycles. The highest BCUT2D eigenvalue weighted by molar-refractivity contribution is 6.39. The van der Waals surface area contributed by atoms with Crippen molar-refractivity contribution in [1.29, 1.82) is 0 Å². The Hall–Kier alpha value is -5.69. The maximum Gasteiger partial charge on any atom is 0.0496 e. The van der Waals surface area contributed by atoms with Gasteiger partial charge in [0, 0.05) is 10.4 Å². The first-order chi connectivity index (χ1) is 23.2. The van der Waals surface area contributed by atoms with E-state index < -0.39 is 0 Å². The number of rotatable bonds is 2. The van der Waals surface area contributed by atoms with E-state index in [9.17, 15) is 0 Å². The molecule has 0 bridgehead atoms. The van der Waals surface area contributed by atoms with Gasteiger partial charge in [0.2, 0.25) is 0 Å². The van der Waals surface area contributed by atoms with Gasteiger partial charge in [0.15, 0.2) is 0 Å². The van der Waals surface area contributed by atoms with Gasteiger partial charge in [-0.1, -0.05) is 151 Å². The van der Waals surface area contributed by atoms with Crippen molar-refractivity contribution in [1.82, 2.24) is 0 Å². The molecule has 0 fully saturated rings. The summed E-state index contributed by atoms with van der Waals surface area (Å²) >= 11 is 7.29. The van der Waals surface area contributed by atoms with Gasteiger partial charge >= 0.3 is 0 Å². The van der Waals surface area contributed by atoms with E-state index in [4.69, 9.17) is 11.6 Å². The molecule has 0 nitrogen and oxygen atoms in total. The fourth-order valence-corrected chi connectivity index (χ4v) is 8.86. The van der Waals surface area contributed by atoms with Crippen LogP contribution in [0.5, 0.6) is 0 Å². The SMILES string of the molecule is Clc1cc(-c2ccc3ccc4cccc5ccc2c3c45)cc2ccc3c(-c4ccc5ccc6cccc7ccc4c5c67)cccc3c12. The molecule has 0 spiro atoms. The Bertz CT molecular complexity index is 3040. The summed E-state index contributed by atoms with van der Waals surface area (Å²) in [5.41, 5.74) is 4.83. The van der Waals surface area contributed by atoms with Gasteiger partial charge < -0.3 is 0 Å². The first kappa shape index (κ1) is 25.5. The van der Waals surface area contributed by atoms with Crippen molar-refractivity contribution < 1.29 is 0 Å². The van der Waals surface area contributed by atoms with Gasteiger partial charge in [-0.25, -0.2) is 0 Å². The summed E-state index contributed by atoms with van der Waals surface area (Å²) in [7, 11) is 0. The van der Waals surface area contributed by atoms with Gasteiger partial charge in [-0.15, -0.1) is 0 Å². The highest BCUT2D eigenvalue weighted by Crippen LogP contribution is 2.45. The lowest BCUT2D eigenvalue weighted by Gasteiger charge is -2.17. The Labute approximate surface area is 275 Å². The average Bonchev–Trinajstić information content (AvgIpc) is 3.12. The fourth-order valence-electron chi connectivity index (χ4n) is 8.53. The molecule has 47 heavy (non-hydrogen) atoms. The Morgan fingerprint density at radius 3 is 1.36 bits per heavy atom. The van der Waals surface area contributed by atoms with Crippen molar-refractivity contribution in [3.8, 4) is 22.3 Å². The highest BCUT2D eigenvalue weighted by atomic mass is 35.5. The molecule has 0 N–H and O–H groups in total. The average molecular weight is 613 g/mol. The number of benzene rings is 11. The zero-order valence-corrected chi connectivity index (χ0v) is 26.1. The van der Waals surface area contributed by atoms with Gasteiger partial charge in [0.25, 0.3) is 0 Å². The van der Waals surface area contributed by atoms with E-state index in [1.165, 1.54) is 92.1 Å². The van der Waals surface area contributed by atoms with Crippen molar-refractivity contribution in [2.75, 3.05) is 0 Å². The van der Waals surface area contributed by atoms with E-state index in [1.54, 1.807) is 0 Å². The summed E-state index contributed by atoms with van der Waals surface area (Å²) in [4.78, 5) is 0. The molecule has 11 aromatic carbocycles. The molecule has 0 atom stereocenters. The number of hydrogen-bond donors (Lipinski definition) is 0. The van der Waals surface area contributed by atoms with E-state index in [0.717, 1.165) is 21.4 Å². The largest absolute Gasteiger partial charge is 0.0836 e. The fraction of sp³-hybridized carbons (Fsp3) is 0. The van der Waals surface area contributed by atoms with Crippen molar-refractivity contribution >= 4 is 97.8 Å². The summed E-state index contributed by atoms with van der Waals surface area (Å²) in [6.07, 6.45) is 0. The summed E-state index contributed by atoms with van der Waals surface area (Å²) in [5.74, 6) is 0. The van der Waals surface area contributed by atoms with Crippen LogP contribution < -0.4 is 0 Å². The standard InChI is InChI=1S/C46H25Cl/c47-41-25-33(34-19-14-30-12-10-26-4-1-6-28-16-22-39(34)45(30)42(26)28)24-32-18-21-36-35(8-3-9-38(36)44(32)41)37-20-15-31-13-11-27-5-2-7-29-17-23-40(37)46(31)43(27)29/h1-25H. The molecule has 0 saturated heterocycles. The van der Waals surface area contributed by atoms with Gasteiger partial charge in [-0.3, -0.25) is 0 Å². The van der Waals surface area contributed by atoms with Crippen LogP contribution in [0.2, 0.25) is 5.02 Å². The first-order valence-electron chi connectivity index (χ1n) is 16.2. The van der Waals surface area contributed by atoms with Gasteiger partial charge in [0.1, 0.15) is 0 Å². The van der Waals surface area contributed by atoms with E-state index in [1.807, 2.05) is 0 Å². The molecular formula is C46H25Cl. The molecule has 11 rings (SSSR count). The zero-order valence-electron chi connectivity index (χ0n) is 25.3. The molecule has 11 aromatic rings. The summed E-state index contributed by atoms with van der Waals surface area (Å²) in [5, 5.41) is 21.0. The van der Waals surface area contributed by atoms with E-state index >= 15 is 0 Å². The second-order valence-corrected chi connectivity index (χ2v) is 13.4. The molecular weight excluding hydrogens is 588 g/mol. The molecule has 0 aromatic heterocycles. The monoisotopic (exact) mass is 612 g/mol. The molecule has 0 heterocycles. The normalized spacial score (nSPS) is 12.4. The maximum absolute atomic E-state index is 7.29. The quantitative estimate of drug-likeness (QED) is 0.170. The van der Waals surface area contributed by atoms with Crippen LogP contribution in [-0.4, -0.2) is 0 Å². The van der Waals surface area contributed by atoms with Crippen molar-refractivity contribution in [3.05, 3.63) is 157 Å². The predicted molar refractivity (Wildman–Crippen MR) is 205 cm³/mol. The first-order valence-corrected chi connectivity index (χ1v) is 16.6. The van der Waals surface area contributed by atoms with Crippen LogP contribution in [0.4, 0.5) is 0 Å². The predicted octanol–water partition coefficient (Wildman–Crippen LogP) is 13.8. The zero-order chi connectivity index (χ0) is 30.8. The minimum absolute atomic E-state index is 0.779. The summed E-state index contributed by atoms with van der Waals surface area (Å²) < 4.78 is 0. The van der Waals surface area contributed by atoms with Crippen molar-refractivity contribution in [2.24, 2.45) is 0 Å². The lowest BCUT2D eigenvalue weighted by atomic mass is 9.87. The van der Waals surface area contributed by atoms with Crippen LogP contribution in [0.3, 0.4) is 0 Å². The number of halogens is 1. The third-order valence-corrected chi connectivity index (χ3v) is 10.9. The minimum Gasteiger partial charge on any atom is -0.0836 e. The lowest BCUT2D eigenvalue weighted by Crippen LogP contribution is -1.90.